The van der Waals surface area contributed by atoms with Crippen LogP contribution in [0, 0.1) is 5.92 Å². The second-order valence-electron chi connectivity index (χ2n) is 8.62. The van der Waals surface area contributed by atoms with Crippen LogP contribution in [-0.2, 0) is 11.3 Å². The fourth-order valence-corrected chi connectivity index (χ4v) is 4.68. The number of amides is 2. The van der Waals surface area contributed by atoms with E-state index >= 15 is 0 Å². The van der Waals surface area contributed by atoms with Gasteiger partial charge in [0, 0.05) is 35.9 Å². The minimum Gasteiger partial charge on any atom is -0.338 e. The van der Waals surface area contributed by atoms with Crippen molar-refractivity contribution in [1.82, 2.24) is 9.80 Å². The number of benzene rings is 2. The van der Waals surface area contributed by atoms with Gasteiger partial charge in [-0.25, -0.2) is 0 Å². The number of carbonyl (C=O) groups excluding carboxylic acids is 2. The van der Waals surface area contributed by atoms with Crippen molar-refractivity contribution < 1.29 is 9.59 Å². The highest BCUT2D eigenvalue weighted by molar-refractivity contribution is 6.30. The lowest BCUT2D eigenvalue weighted by atomic mass is 9.96. The number of rotatable bonds is 5. The minimum atomic E-state index is -0.204. The standard InChI is InChI=1S/C25H30ClN3O2/c26-22-8-4-6-20(16-22)25(31)29-15-5-7-21(18-29)24(30)27-23-11-9-19(10-12-23)17-28-13-2-1-3-14-28/h4,6,8-12,16,21H,1-3,5,7,13-15,17-18H2,(H,27,30)/t21-/m0/s1. The quantitative estimate of drug-likeness (QED) is 0.726. The summed E-state index contributed by atoms with van der Waals surface area (Å²) in [6, 6.07) is 15.1. The third-order valence-corrected chi connectivity index (χ3v) is 6.46. The van der Waals surface area contributed by atoms with Crippen molar-refractivity contribution in [3.05, 3.63) is 64.7 Å². The molecule has 164 valence electrons. The molecule has 2 fully saturated rings. The smallest absolute Gasteiger partial charge is 0.253 e. The lowest BCUT2D eigenvalue weighted by Crippen LogP contribution is -2.43. The maximum Gasteiger partial charge on any atom is 0.253 e. The van der Waals surface area contributed by atoms with E-state index in [1.54, 1.807) is 29.2 Å². The van der Waals surface area contributed by atoms with Crippen molar-refractivity contribution in [2.24, 2.45) is 5.92 Å². The molecule has 2 aromatic rings. The van der Waals surface area contributed by atoms with Crippen LogP contribution in [0.4, 0.5) is 5.69 Å². The summed E-state index contributed by atoms with van der Waals surface area (Å²) in [6.07, 6.45) is 5.51. The zero-order chi connectivity index (χ0) is 21.6. The Morgan fingerprint density at radius 3 is 2.48 bits per heavy atom. The third-order valence-electron chi connectivity index (χ3n) is 6.23. The highest BCUT2D eigenvalue weighted by atomic mass is 35.5. The number of anilines is 1. The van der Waals surface area contributed by atoms with E-state index in [1.165, 1.54) is 37.9 Å². The Morgan fingerprint density at radius 1 is 0.968 bits per heavy atom. The topological polar surface area (TPSA) is 52.7 Å². The molecule has 4 rings (SSSR count). The lowest BCUT2D eigenvalue weighted by Gasteiger charge is -2.32. The zero-order valence-electron chi connectivity index (χ0n) is 17.9. The molecule has 0 unspecified atom stereocenters. The number of nitrogens with one attached hydrogen (secondary N) is 1. The van der Waals surface area contributed by atoms with Gasteiger partial charge in [0.1, 0.15) is 0 Å². The van der Waals surface area contributed by atoms with Crippen molar-refractivity contribution in [3.8, 4) is 0 Å². The summed E-state index contributed by atoms with van der Waals surface area (Å²) in [5.41, 5.74) is 2.65. The molecule has 0 spiro atoms. The van der Waals surface area contributed by atoms with Crippen molar-refractivity contribution in [1.29, 1.82) is 0 Å². The summed E-state index contributed by atoms with van der Waals surface area (Å²) in [7, 11) is 0. The summed E-state index contributed by atoms with van der Waals surface area (Å²) in [5, 5.41) is 3.58. The van der Waals surface area contributed by atoms with Crippen LogP contribution in [0.1, 0.15) is 48.0 Å². The van der Waals surface area contributed by atoms with Gasteiger partial charge in [0.05, 0.1) is 5.92 Å². The molecule has 2 aliphatic rings. The fourth-order valence-electron chi connectivity index (χ4n) is 4.49. The number of likely N-dealkylation sites (tertiary alicyclic amines) is 2. The molecule has 0 bridgehead atoms. The SMILES string of the molecule is O=C(Nc1ccc(CN2CCCCC2)cc1)[C@H]1CCCN(C(=O)c2cccc(Cl)c2)C1. The molecule has 0 saturated carbocycles. The second-order valence-corrected chi connectivity index (χ2v) is 9.06. The lowest BCUT2D eigenvalue weighted by molar-refractivity contribution is -0.121. The van der Waals surface area contributed by atoms with Crippen LogP contribution in [0.25, 0.3) is 0 Å². The van der Waals surface area contributed by atoms with E-state index in [9.17, 15) is 9.59 Å². The van der Waals surface area contributed by atoms with E-state index in [0.29, 0.717) is 23.7 Å². The van der Waals surface area contributed by atoms with Crippen LogP contribution in [0.5, 0.6) is 0 Å². The van der Waals surface area contributed by atoms with Gasteiger partial charge in [0.15, 0.2) is 0 Å². The predicted octanol–water partition coefficient (Wildman–Crippen LogP) is 4.82. The molecule has 0 aliphatic carbocycles. The average molecular weight is 440 g/mol. The van der Waals surface area contributed by atoms with E-state index in [2.05, 4.69) is 22.3 Å². The van der Waals surface area contributed by atoms with Crippen LogP contribution < -0.4 is 5.32 Å². The van der Waals surface area contributed by atoms with Gasteiger partial charge < -0.3 is 10.2 Å². The Bertz CT molecular complexity index is 909. The normalized spacial score (nSPS) is 19.8. The highest BCUT2D eigenvalue weighted by Crippen LogP contribution is 2.22. The minimum absolute atomic E-state index is 0.0209. The molecule has 1 N–H and O–H groups in total. The van der Waals surface area contributed by atoms with E-state index in [-0.39, 0.29) is 17.7 Å². The predicted molar refractivity (Wildman–Crippen MR) is 124 cm³/mol. The van der Waals surface area contributed by atoms with E-state index in [0.717, 1.165) is 25.1 Å². The summed E-state index contributed by atoms with van der Waals surface area (Å²) in [6.45, 7) is 4.41. The third kappa shape index (κ3) is 5.86. The Balaban J connectivity index is 1.32. The van der Waals surface area contributed by atoms with Crippen LogP contribution >= 0.6 is 11.6 Å². The van der Waals surface area contributed by atoms with Gasteiger partial charge in [-0.05, 0) is 74.7 Å². The van der Waals surface area contributed by atoms with Gasteiger partial charge >= 0.3 is 0 Å². The van der Waals surface area contributed by atoms with E-state index < -0.39 is 0 Å². The van der Waals surface area contributed by atoms with Crippen molar-refractivity contribution in [2.45, 2.75) is 38.6 Å². The van der Waals surface area contributed by atoms with Crippen molar-refractivity contribution >= 4 is 29.1 Å². The molecular weight excluding hydrogens is 410 g/mol. The van der Waals surface area contributed by atoms with Gasteiger partial charge in [0.25, 0.3) is 5.91 Å². The molecule has 2 saturated heterocycles. The first-order valence-corrected chi connectivity index (χ1v) is 11.6. The molecular formula is C25H30ClN3O2. The fraction of sp³-hybridized carbons (Fsp3) is 0.440. The molecule has 1 atom stereocenters. The number of halogens is 1. The van der Waals surface area contributed by atoms with E-state index in [4.69, 9.17) is 11.6 Å². The first-order valence-electron chi connectivity index (χ1n) is 11.3. The Hall–Kier alpha value is -2.37. The molecule has 0 aromatic heterocycles. The zero-order valence-corrected chi connectivity index (χ0v) is 18.6. The largest absolute Gasteiger partial charge is 0.338 e. The maximum absolute atomic E-state index is 12.8. The Kier molecular flexibility index (Phi) is 7.25. The monoisotopic (exact) mass is 439 g/mol. The molecule has 6 heteroatoms. The van der Waals surface area contributed by atoms with Crippen LogP contribution in [0.2, 0.25) is 5.02 Å². The number of nitrogens with zero attached hydrogens (tertiary/aromatic N) is 2. The molecule has 2 amide bonds. The van der Waals surface area contributed by atoms with Gasteiger partial charge in [0.2, 0.25) is 5.91 Å². The van der Waals surface area contributed by atoms with Gasteiger partial charge in [-0.1, -0.05) is 36.2 Å². The molecule has 0 radical (unpaired) electrons. The number of piperidine rings is 2. The molecule has 31 heavy (non-hydrogen) atoms. The van der Waals surface area contributed by atoms with Gasteiger partial charge in [-0.15, -0.1) is 0 Å². The maximum atomic E-state index is 12.8. The summed E-state index contributed by atoms with van der Waals surface area (Å²) >= 11 is 6.03. The molecule has 2 heterocycles. The van der Waals surface area contributed by atoms with Crippen LogP contribution in [-0.4, -0.2) is 47.8 Å². The van der Waals surface area contributed by atoms with E-state index in [1.807, 2.05) is 12.1 Å². The van der Waals surface area contributed by atoms with Crippen LogP contribution in [0.3, 0.4) is 0 Å². The second kappa shape index (κ2) is 10.3. The highest BCUT2D eigenvalue weighted by Gasteiger charge is 2.29. The average Bonchev–Trinajstić information content (AvgIpc) is 2.80. The summed E-state index contributed by atoms with van der Waals surface area (Å²) in [4.78, 5) is 29.9. The Morgan fingerprint density at radius 2 is 1.74 bits per heavy atom. The van der Waals surface area contributed by atoms with Crippen molar-refractivity contribution in [2.75, 3.05) is 31.5 Å². The Labute approximate surface area is 189 Å². The van der Waals surface area contributed by atoms with Gasteiger partial charge in [-0.2, -0.15) is 0 Å². The van der Waals surface area contributed by atoms with Gasteiger partial charge in [-0.3, -0.25) is 14.5 Å². The number of carbonyl (C=O) groups is 2. The number of hydrogen-bond donors (Lipinski definition) is 1. The summed E-state index contributed by atoms with van der Waals surface area (Å²) < 4.78 is 0. The molecule has 5 nitrogen and oxygen atoms in total. The first kappa shape index (κ1) is 21.8. The molecule has 2 aliphatic heterocycles. The summed E-state index contributed by atoms with van der Waals surface area (Å²) in [5.74, 6) is -0.292. The molecule has 2 aromatic carbocycles. The van der Waals surface area contributed by atoms with Crippen LogP contribution in [0.15, 0.2) is 48.5 Å². The number of hydrogen-bond acceptors (Lipinski definition) is 3. The first-order chi connectivity index (χ1) is 15.1. The van der Waals surface area contributed by atoms with Crippen molar-refractivity contribution in [3.63, 3.8) is 0 Å².